The summed E-state index contributed by atoms with van der Waals surface area (Å²) in [6.07, 6.45) is 6.68. The molecule has 0 aliphatic carbocycles. The third-order valence-electron chi connectivity index (χ3n) is 6.01. The van der Waals surface area contributed by atoms with Gasteiger partial charge >= 0.3 is 0 Å². The average Bonchev–Trinajstić information content (AvgIpc) is 3.37. The van der Waals surface area contributed by atoms with E-state index in [1.807, 2.05) is 59.5 Å². The van der Waals surface area contributed by atoms with Crippen LogP contribution in [-0.2, 0) is 17.8 Å². The highest BCUT2D eigenvalue weighted by Crippen LogP contribution is 2.31. The Balaban J connectivity index is 1.44. The number of rotatable bonds is 4. The first-order valence-corrected chi connectivity index (χ1v) is 11.0. The normalized spacial score (nSPS) is 16.0. The third kappa shape index (κ3) is 4.22. The molecule has 2 aliphatic heterocycles. The van der Waals surface area contributed by atoms with E-state index < -0.39 is 0 Å². The number of hydrogen-bond donors (Lipinski definition) is 0. The number of anilines is 1. The monoisotopic (exact) mass is 410 g/mol. The number of amides is 1. The smallest absolute Gasteiger partial charge is 0.246 e. The molecule has 31 heavy (non-hydrogen) atoms. The van der Waals surface area contributed by atoms with Gasteiger partial charge < -0.3 is 9.80 Å². The Morgan fingerprint density at radius 2 is 1.58 bits per heavy atom. The minimum absolute atomic E-state index is 0.0361. The quantitative estimate of drug-likeness (QED) is 0.601. The van der Waals surface area contributed by atoms with Crippen LogP contribution in [0.5, 0.6) is 0 Å². The molecule has 5 heteroatoms. The molecule has 1 saturated heterocycles. The van der Waals surface area contributed by atoms with E-state index in [-0.39, 0.29) is 5.91 Å². The summed E-state index contributed by atoms with van der Waals surface area (Å²) >= 11 is 0. The van der Waals surface area contributed by atoms with Crippen molar-refractivity contribution in [1.82, 2.24) is 14.9 Å². The molecule has 5 nitrogen and oxygen atoms in total. The maximum Gasteiger partial charge on any atom is 0.246 e. The molecule has 2 aliphatic rings. The second-order valence-corrected chi connectivity index (χ2v) is 8.11. The first-order chi connectivity index (χ1) is 15.3. The van der Waals surface area contributed by atoms with Gasteiger partial charge in [0.2, 0.25) is 5.91 Å². The molecule has 156 valence electrons. The van der Waals surface area contributed by atoms with Crippen molar-refractivity contribution in [3.8, 4) is 11.4 Å². The number of carbonyl (C=O) groups excluding carboxylic acids is 1. The molecule has 1 amide bonds. The summed E-state index contributed by atoms with van der Waals surface area (Å²) in [6, 6.07) is 20.1. The highest BCUT2D eigenvalue weighted by atomic mass is 16.2. The van der Waals surface area contributed by atoms with Crippen molar-refractivity contribution < 1.29 is 4.79 Å². The maximum atomic E-state index is 12.9. The summed E-state index contributed by atoms with van der Waals surface area (Å²) in [5, 5.41) is 0. The Morgan fingerprint density at radius 3 is 2.32 bits per heavy atom. The Kier molecular flexibility index (Phi) is 5.48. The van der Waals surface area contributed by atoms with E-state index in [1.165, 1.54) is 12.8 Å². The number of hydrogen-bond acceptors (Lipinski definition) is 4. The zero-order valence-corrected chi connectivity index (χ0v) is 17.6. The summed E-state index contributed by atoms with van der Waals surface area (Å²) in [5.41, 5.74) is 4.25. The van der Waals surface area contributed by atoms with Crippen LogP contribution in [0.2, 0.25) is 0 Å². The van der Waals surface area contributed by atoms with Crippen LogP contribution >= 0.6 is 0 Å². The van der Waals surface area contributed by atoms with Crippen molar-refractivity contribution in [1.29, 1.82) is 0 Å². The Labute approximate surface area is 183 Å². The molecule has 0 saturated carbocycles. The highest BCUT2D eigenvalue weighted by molar-refractivity contribution is 5.92. The van der Waals surface area contributed by atoms with Gasteiger partial charge in [0.1, 0.15) is 5.82 Å². The maximum absolute atomic E-state index is 12.9. The lowest BCUT2D eigenvalue weighted by Crippen LogP contribution is -2.37. The third-order valence-corrected chi connectivity index (χ3v) is 6.01. The fourth-order valence-electron chi connectivity index (χ4n) is 4.33. The van der Waals surface area contributed by atoms with Crippen molar-refractivity contribution in [2.45, 2.75) is 25.8 Å². The van der Waals surface area contributed by atoms with E-state index in [0.29, 0.717) is 13.1 Å². The summed E-state index contributed by atoms with van der Waals surface area (Å²) < 4.78 is 0. The van der Waals surface area contributed by atoms with Crippen LogP contribution in [0.25, 0.3) is 17.5 Å². The molecule has 3 heterocycles. The lowest BCUT2D eigenvalue weighted by molar-refractivity contribution is -0.126. The van der Waals surface area contributed by atoms with Crippen LogP contribution in [0.4, 0.5) is 5.82 Å². The van der Waals surface area contributed by atoms with Gasteiger partial charge in [-0.05, 0) is 24.5 Å². The summed E-state index contributed by atoms with van der Waals surface area (Å²) in [6.45, 7) is 3.27. The number of aromatic nitrogens is 2. The Morgan fingerprint density at radius 1 is 0.871 bits per heavy atom. The van der Waals surface area contributed by atoms with Crippen LogP contribution < -0.4 is 4.90 Å². The molecule has 0 unspecified atom stereocenters. The molecule has 2 aromatic carbocycles. The molecule has 0 N–H and O–H groups in total. The van der Waals surface area contributed by atoms with E-state index in [0.717, 1.165) is 53.5 Å². The van der Waals surface area contributed by atoms with Gasteiger partial charge in [0, 0.05) is 43.3 Å². The van der Waals surface area contributed by atoms with Gasteiger partial charge in [-0.15, -0.1) is 0 Å². The van der Waals surface area contributed by atoms with Crippen LogP contribution in [0, 0.1) is 0 Å². The second kappa shape index (κ2) is 8.72. The minimum atomic E-state index is 0.0361. The van der Waals surface area contributed by atoms with E-state index in [9.17, 15) is 4.79 Å². The zero-order chi connectivity index (χ0) is 21.0. The van der Waals surface area contributed by atoms with Crippen LogP contribution in [-0.4, -0.2) is 40.4 Å². The molecule has 0 bridgehead atoms. The topological polar surface area (TPSA) is 49.3 Å². The van der Waals surface area contributed by atoms with Gasteiger partial charge in [-0.2, -0.15) is 0 Å². The second-order valence-electron chi connectivity index (χ2n) is 8.11. The van der Waals surface area contributed by atoms with Gasteiger partial charge in [0.25, 0.3) is 0 Å². The fraction of sp³-hybridized carbons (Fsp3) is 0.269. The lowest BCUT2D eigenvalue weighted by Gasteiger charge is -2.31. The molecule has 0 spiro atoms. The van der Waals surface area contributed by atoms with Crippen LogP contribution in [0.1, 0.15) is 29.7 Å². The minimum Gasteiger partial charge on any atom is -0.356 e. The zero-order valence-electron chi connectivity index (χ0n) is 17.6. The van der Waals surface area contributed by atoms with E-state index in [2.05, 4.69) is 17.0 Å². The fourth-order valence-corrected chi connectivity index (χ4v) is 4.33. The number of fused-ring (bicyclic) bond motifs is 1. The van der Waals surface area contributed by atoms with Gasteiger partial charge in [-0.25, -0.2) is 9.97 Å². The predicted molar refractivity (Wildman–Crippen MR) is 124 cm³/mol. The standard InChI is InChI=1S/C26H26N4O/c31-24(14-13-20-9-3-1-4-10-20)30-18-15-23-22(19-30)26(29-16-7-8-17-29)28-25(27-23)21-11-5-2-6-12-21/h1-6,9-14H,7-8,15-19H2. The SMILES string of the molecule is O=C(C=Cc1ccccc1)N1CCc2nc(-c3ccccc3)nc(N3CCCC3)c2C1. The van der Waals surface area contributed by atoms with Crippen molar-refractivity contribution in [3.05, 3.63) is 83.6 Å². The lowest BCUT2D eigenvalue weighted by atomic mass is 10.0. The van der Waals surface area contributed by atoms with Crippen molar-refractivity contribution >= 4 is 17.8 Å². The molecule has 0 radical (unpaired) electrons. The average molecular weight is 411 g/mol. The molecule has 5 rings (SSSR count). The van der Waals surface area contributed by atoms with Crippen LogP contribution in [0.3, 0.4) is 0 Å². The van der Waals surface area contributed by atoms with Crippen molar-refractivity contribution in [2.75, 3.05) is 24.5 Å². The van der Waals surface area contributed by atoms with E-state index in [4.69, 9.17) is 9.97 Å². The Bertz CT molecular complexity index is 1090. The summed E-state index contributed by atoms with van der Waals surface area (Å²) in [7, 11) is 0. The molecule has 3 aromatic rings. The van der Waals surface area contributed by atoms with Crippen molar-refractivity contribution in [3.63, 3.8) is 0 Å². The van der Waals surface area contributed by atoms with Gasteiger partial charge in [0.05, 0.1) is 12.2 Å². The number of benzene rings is 2. The Hall–Kier alpha value is -3.47. The van der Waals surface area contributed by atoms with Gasteiger partial charge in [-0.1, -0.05) is 60.7 Å². The molecule has 1 aromatic heterocycles. The molecule has 1 fully saturated rings. The van der Waals surface area contributed by atoms with E-state index in [1.54, 1.807) is 6.08 Å². The van der Waals surface area contributed by atoms with Crippen molar-refractivity contribution in [2.24, 2.45) is 0 Å². The first-order valence-electron chi connectivity index (χ1n) is 11.0. The van der Waals surface area contributed by atoms with Crippen LogP contribution in [0.15, 0.2) is 66.7 Å². The molecular weight excluding hydrogens is 384 g/mol. The number of carbonyl (C=O) groups is 1. The molecule has 0 atom stereocenters. The first kappa shape index (κ1) is 19.5. The predicted octanol–water partition coefficient (Wildman–Crippen LogP) is 4.34. The summed E-state index contributed by atoms with van der Waals surface area (Å²) in [5.74, 6) is 1.82. The molecular formula is C26H26N4O. The largest absolute Gasteiger partial charge is 0.356 e. The van der Waals surface area contributed by atoms with E-state index >= 15 is 0 Å². The van der Waals surface area contributed by atoms with Gasteiger partial charge in [-0.3, -0.25) is 4.79 Å². The highest BCUT2D eigenvalue weighted by Gasteiger charge is 2.28. The van der Waals surface area contributed by atoms with Gasteiger partial charge in [0.15, 0.2) is 5.82 Å². The summed E-state index contributed by atoms with van der Waals surface area (Å²) in [4.78, 5) is 27.1. The number of nitrogens with zero attached hydrogens (tertiary/aromatic N) is 4.